The molecule has 0 aliphatic rings. The van der Waals surface area contributed by atoms with Crippen molar-refractivity contribution in [3.05, 3.63) is 96.1 Å². The Hall–Kier alpha value is -2.84. The zero-order chi connectivity index (χ0) is 43.6. The van der Waals surface area contributed by atoms with Crippen molar-refractivity contribution in [2.45, 2.75) is 165 Å². The number of rotatable bonds is 28. The van der Waals surface area contributed by atoms with Crippen LogP contribution in [0.4, 0.5) is 0 Å². The summed E-state index contributed by atoms with van der Waals surface area (Å²) in [6.07, 6.45) is 24.1. The number of aromatic hydroxyl groups is 1. The van der Waals surface area contributed by atoms with Crippen LogP contribution in [0.1, 0.15) is 153 Å². The van der Waals surface area contributed by atoms with Crippen molar-refractivity contribution in [1.82, 2.24) is 0 Å². The first-order chi connectivity index (χ1) is 28.8. The molecular formula is C48H66CaO10S2. The molecule has 4 aromatic rings. The average Bonchev–Trinajstić information content (AvgIpc) is 3.19. The number of phenols is 1. The molecule has 4 rings (SSSR count). The molecular weight excluding hydrogens is 841 g/mol. The largest absolute Gasteiger partial charge is 2.00 e. The van der Waals surface area contributed by atoms with Crippen LogP contribution in [0, 0.1) is 0 Å². The minimum absolute atomic E-state index is 0. The van der Waals surface area contributed by atoms with Crippen LogP contribution < -0.4 is 14.6 Å². The molecule has 0 bridgehead atoms. The summed E-state index contributed by atoms with van der Waals surface area (Å²) in [7, 11) is -9.36. The molecule has 0 aromatic heterocycles. The average molecular weight is 907 g/mol. The maximum atomic E-state index is 12.3. The van der Waals surface area contributed by atoms with E-state index in [1.807, 2.05) is 24.3 Å². The van der Waals surface area contributed by atoms with Crippen LogP contribution in [-0.2, 0) is 33.1 Å². The van der Waals surface area contributed by atoms with Crippen LogP contribution in [0.25, 0.3) is 0 Å². The third-order valence-corrected chi connectivity index (χ3v) is 12.2. The summed E-state index contributed by atoms with van der Waals surface area (Å²) in [5.41, 5.74) is 0.631. The number of unbranched alkanes of at least 4 members (excludes halogenated alkanes) is 18. The minimum atomic E-state index is -4.83. The van der Waals surface area contributed by atoms with Crippen LogP contribution in [-0.4, -0.2) is 68.8 Å². The molecule has 0 saturated carbocycles. The molecule has 13 heteroatoms. The fourth-order valence-electron chi connectivity index (χ4n) is 7.20. The summed E-state index contributed by atoms with van der Waals surface area (Å²) in [5.74, 6) is 0.420. The molecule has 0 atom stereocenters. The van der Waals surface area contributed by atoms with Crippen LogP contribution in [0.5, 0.6) is 34.5 Å². The van der Waals surface area contributed by atoms with E-state index in [0.29, 0.717) is 35.7 Å². The molecule has 332 valence electrons. The summed E-state index contributed by atoms with van der Waals surface area (Å²) in [6.45, 7) is 4.43. The molecule has 0 aliphatic carbocycles. The van der Waals surface area contributed by atoms with E-state index in [9.17, 15) is 36.2 Å². The van der Waals surface area contributed by atoms with Crippen molar-refractivity contribution in [3.63, 3.8) is 0 Å². The topological polar surface area (TPSA) is 173 Å². The first-order valence-electron chi connectivity index (χ1n) is 21.9. The molecule has 0 unspecified atom stereocenters. The molecule has 2 N–H and O–H groups in total. The number of aryl methyl sites for hydroxylation is 2. The predicted octanol–water partition coefficient (Wildman–Crippen LogP) is 12.4. The quantitative estimate of drug-likeness (QED) is 0.0317. The number of hydrogen-bond donors (Lipinski definition) is 2. The van der Waals surface area contributed by atoms with Crippen molar-refractivity contribution < 1.29 is 45.6 Å². The molecule has 61 heavy (non-hydrogen) atoms. The number of para-hydroxylation sites is 2. The van der Waals surface area contributed by atoms with Gasteiger partial charge in [-0.05, 0) is 79.3 Å². The number of phenolic OH excluding ortho intramolecular Hbond substituents is 1. The number of benzene rings is 4. The van der Waals surface area contributed by atoms with Gasteiger partial charge >= 0.3 is 37.7 Å². The van der Waals surface area contributed by atoms with Crippen molar-refractivity contribution in [3.8, 4) is 34.5 Å². The molecule has 0 heterocycles. The van der Waals surface area contributed by atoms with Gasteiger partial charge in [0, 0.05) is 11.0 Å². The van der Waals surface area contributed by atoms with E-state index in [1.54, 1.807) is 42.5 Å². The van der Waals surface area contributed by atoms with Gasteiger partial charge in [0.15, 0.2) is 0 Å². The Labute approximate surface area is 396 Å². The number of ether oxygens (including phenoxy) is 2. The molecule has 0 amide bonds. The molecule has 0 saturated heterocycles. The van der Waals surface area contributed by atoms with Crippen molar-refractivity contribution in [1.29, 1.82) is 0 Å². The second-order valence-corrected chi connectivity index (χ2v) is 18.1. The SMILES string of the molecule is CCCCCCCCCCCCc1cc(Oc2ccccc2)cc(O)c1S(=O)(=O)O.CCCCCCCCCCCCc1cc(Oc2ccccc2)cc([O-])c1S(=O)(=O)[O-].[Ca+2]. The van der Waals surface area contributed by atoms with Gasteiger partial charge < -0.3 is 24.2 Å². The smallest absolute Gasteiger partial charge is 0.872 e. The third kappa shape index (κ3) is 21.9. The van der Waals surface area contributed by atoms with Crippen LogP contribution >= 0.6 is 0 Å². The predicted molar refractivity (Wildman–Crippen MR) is 242 cm³/mol. The van der Waals surface area contributed by atoms with E-state index in [4.69, 9.17) is 9.47 Å². The molecule has 4 aromatic carbocycles. The maximum absolute atomic E-state index is 12.3. The molecule has 0 fully saturated rings. The van der Waals surface area contributed by atoms with Gasteiger partial charge in [0.25, 0.3) is 10.1 Å². The van der Waals surface area contributed by atoms with Gasteiger partial charge in [-0.25, -0.2) is 8.42 Å². The van der Waals surface area contributed by atoms with Crippen LogP contribution in [0.3, 0.4) is 0 Å². The van der Waals surface area contributed by atoms with Gasteiger partial charge in [0.2, 0.25) is 0 Å². The van der Waals surface area contributed by atoms with Gasteiger partial charge in [-0.2, -0.15) is 8.42 Å². The van der Waals surface area contributed by atoms with E-state index in [0.717, 1.165) is 51.0 Å². The molecule has 0 spiro atoms. The standard InChI is InChI=1S/2C24H34O5S.Ca/c2*1-2-3-4-5-6-7-8-9-10-12-15-20-18-22(29-21-16-13-11-14-17-21)19-23(25)24(20)30(26,27)28;/h2*11,13-14,16-19,25H,2-10,12,15H2,1H3,(H,26,27,28);/q;;+2/p-2. The molecule has 10 nitrogen and oxygen atoms in total. The summed E-state index contributed by atoms with van der Waals surface area (Å²) in [4.78, 5) is -1.06. The zero-order valence-electron chi connectivity index (χ0n) is 36.3. The maximum Gasteiger partial charge on any atom is 2.00 e. The van der Waals surface area contributed by atoms with E-state index in [-0.39, 0.29) is 49.1 Å². The molecule has 0 radical (unpaired) electrons. The van der Waals surface area contributed by atoms with Gasteiger partial charge in [-0.3, -0.25) is 4.55 Å². The van der Waals surface area contributed by atoms with Crippen molar-refractivity contribution in [2.24, 2.45) is 0 Å². The second kappa shape index (κ2) is 30.3. The van der Waals surface area contributed by atoms with Crippen LogP contribution in [0.2, 0.25) is 0 Å². The van der Waals surface area contributed by atoms with Crippen molar-refractivity contribution in [2.75, 3.05) is 0 Å². The zero-order valence-corrected chi connectivity index (χ0v) is 40.2. The van der Waals surface area contributed by atoms with Crippen LogP contribution in [0.15, 0.2) is 94.7 Å². The summed E-state index contributed by atoms with van der Waals surface area (Å²) < 4.78 is 79.4. The van der Waals surface area contributed by atoms with Gasteiger partial charge in [-0.1, -0.05) is 172 Å². The van der Waals surface area contributed by atoms with E-state index >= 15 is 0 Å². The number of hydrogen-bond acceptors (Lipinski definition) is 9. The van der Waals surface area contributed by atoms with E-state index in [2.05, 4.69) is 13.8 Å². The Morgan fingerprint density at radius 2 is 0.836 bits per heavy atom. The normalized spacial score (nSPS) is 11.3. The summed E-state index contributed by atoms with van der Waals surface area (Å²) in [5, 5.41) is 22.5. The summed E-state index contributed by atoms with van der Waals surface area (Å²) in [6, 6.07) is 23.4. The minimum Gasteiger partial charge on any atom is -0.872 e. The van der Waals surface area contributed by atoms with Crippen molar-refractivity contribution >= 4 is 58.0 Å². The van der Waals surface area contributed by atoms with Gasteiger partial charge in [-0.15, -0.1) is 0 Å². The Kier molecular flexibility index (Phi) is 27.0. The Balaban J connectivity index is 0.000000413. The third-order valence-electron chi connectivity index (χ3n) is 10.3. The van der Waals surface area contributed by atoms with E-state index in [1.165, 1.54) is 95.6 Å². The molecule has 0 aliphatic heterocycles. The fourth-order valence-corrected chi connectivity index (χ4v) is 8.80. The Morgan fingerprint density at radius 1 is 0.492 bits per heavy atom. The van der Waals surface area contributed by atoms with Gasteiger partial charge in [0.05, 0.1) is 0 Å². The van der Waals surface area contributed by atoms with E-state index < -0.39 is 41.5 Å². The first-order valence-corrected chi connectivity index (χ1v) is 24.8. The summed E-state index contributed by atoms with van der Waals surface area (Å²) >= 11 is 0. The Morgan fingerprint density at radius 3 is 1.20 bits per heavy atom. The van der Waals surface area contributed by atoms with Gasteiger partial charge in [0.1, 0.15) is 43.8 Å². The Bertz CT molecular complexity index is 1880. The monoisotopic (exact) mass is 906 g/mol. The first kappa shape index (κ1) is 54.3. The fraction of sp³-hybridized carbons (Fsp3) is 0.500. The second-order valence-electron chi connectivity index (χ2n) is 15.5.